The Kier molecular flexibility index (Phi) is 5.26. The lowest BCUT2D eigenvalue weighted by molar-refractivity contribution is -0.137. The second kappa shape index (κ2) is 8.51. The number of nitrogens with zero attached hydrogens (tertiary/aromatic N) is 4. The van der Waals surface area contributed by atoms with Gasteiger partial charge in [0.1, 0.15) is 17.3 Å². The van der Waals surface area contributed by atoms with Gasteiger partial charge in [0.2, 0.25) is 0 Å². The molecular weight excluding hydrogens is 477 g/mol. The van der Waals surface area contributed by atoms with Crippen molar-refractivity contribution in [3.8, 4) is 23.0 Å². The zero-order valence-electron chi connectivity index (χ0n) is 20.0. The molecule has 0 saturated heterocycles. The van der Waals surface area contributed by atoms with Crippen LogP contribution in [0.25, 0.3) is 33.3 Å². The van der Waals surface area contributed by atoms with Gasteiger partial charge in [0.15, 0.2) is 0 Å². The number of aromatic nitrogens is 4. The number of para-hydroxylation sites is 1. The molecule has 0 radical (unpaired) electrons. The Morgan fingerprint density at radius 1 is 0.757 bits per heavy atom. The maximum atomic E-state index is 13.5. The van der Waals surface area contributed by atoms with Crippen molar-refractivity contribution in [1.29, 1.82) is 0 Å². The van der Waals surface area contributed by atoms with Crippen molar-refractivity contribution in [3.05, 3.63) is 108 Å². The molecule has 3 heterocycles. The molecule has 0 unspecified atom stereocenters. The van der Waals surface area contributed by atoms with Crippen LogP contribution in [0, 0.1) is 13.8 Å². The van der Waals surface area contributed by atoms with E-state index in [1.165, 1.54) is 6.20 Å². The summed E-state index contributed by atoms with van der Waals surface area (Å²) in [4.78, 5) is 4.28. The summed E-state index contributed by atoms with van der Waals surface area (Å²) in [5.74, 6) is 1.35. The van der Waals surface area contributed by atoms with Gasteiger partial charge >= 0.3 is 6.18 Å². The van der Waals surface area contributed by atoms with Crippen LogP contribution in [0.5, 0.6) is 11.5 Å². The number of alkyl halides is 3. The molecule has 3 aromatic heterocycles. The molecular formula is C29H21F3N4O. The van der Waals surface area contributed by atoms with Crippen LogP contribution >= 0.6 is 0 Å². The van der Waals surface area contributed by atoms with Crippen molar-refractivity contribution < 1.29 is 17.9 Å². The number of fused-ring (bicyclic) bond motifs is 3. The first-order valence-corrected chi connectivity index (χ1v) is 11.7. The molecule has 6 aromatic rings. The minimum Gasteiger partial charge on any atom is -0.457 e. The van der Waals surface area contributed by atoms with Crippen molar-refractivity contribution in [2.24, 2.45) is 0 Å². The zero-order valence-corrected chi connectivity index (χ0v) is 20.0. The van der Waals surface area contributed by atoms with Crippen LogP contribution in [-0.4, -0.2) is 19.3 Å². The van der Waals surface area contributed by atoms with Crippen LogP contribution in [0.3, 0.4) is 0 Å². The molecule has 0 aliphatic carbocycles. The smallest absolute Gasteiger partial charge is 0.416 e. The van der Waals surface area contributed by atoms with Gasteiger partial charge in [0.25, 0.3) is 0 Å². The SMILES string of the molecule is Cc1cc(C)n(-c2cccc(Oc3ccc4c5ccccc5n(-c5cc(C(F)(F)F)ccn5)c4c3)c2)n1. The second-order valence-corrected chi connectivity index (χ2v) is 8.87. The molecule has 0 N–H and O–H groups in total. The fraction of sp³-hybridized carbons (Fsp3) is 0.103. The van der Waals surface area contributed by atoms with Gasteiger partial charge in [-0.3, -0.25) is 4.57 Å². The van der Waals surface area contributed by atoms with Crippen molar-refractivity contribution in [2.45, 2.75) is 20.0 Å². The molecule has 0 bridgehead atoms. The first kappa shape index (κ1) is 22.8. The molecule has 0 fully saturated rings. The maximum absolute atomic E-state index is 13.5. The Bertz CT molecular complexity index is 1780. The van der Waals surface area contributed by atoms with Gasteiger partial charge in [-0.2, -0.15) is 18.3 Å². The Morgan fingerprint density at radius 2 is 1.54 bits per heavy atom. The van der Waals surface area contributed by atoms with Crippen molar-refractivity contribution in [3.63, 3.8) is 0 Å². The number of hydrogen-bond acceptors (Lipinski definition) is 3. The summed E-state index contributed by atoms with van der Waals surface area (Å²) in [6.45, 7) is 3.93. The number of halogens is 3. The van der Waals surface area contributed by atoms with Gasteiger partial charge in [-0.05, 0) is 62.4 Å². The second-order valence-electron chi connectivity index (χ2n) is 8.87. The summed E-state index contributed by atoms with van der Waals surface area (Å²) in [7, 11) is 0. The predicted octanol–water partition coefficient (Wildman–Crippen LogP) is 7.79. The molecule has 0 saturated carbocycles. The highest BCUT2D eigenvalue weighted by Gasteiger charge is 2.31. The van der Waals surface area contributed by atoms with Crippen LogP contribution in [0.1, 0.15) is 17.0 Å². The highest BCUT2D eigenvalue weighted by molar-refractivity contribution is 6.09. The topological polar surface area (TPSA) is 44.9 Å². The van der Waals surface area contributed by atoms with Crippen molar-refractivity contribution in [2.75, 3.05) is 0 Å². The maximum Gasteiger partial charge on any atom is 0.416 e. The van der Waals surface area contributed by atoms with E-state index in [1.54, 1.807) is 4.57 Å². The van der Waals surface area contributed by atoms with Crippen LogP contribution in [-0.2, 0) is 6.18 Å². The van der Waals surface area contributed by atoms with E-state index in [1.807, 2.05) is 91.3 Å². The largest absolute Gasteiger partial charge is 0.457 e. The third-order valence-corrected chi connectivity index (χ3v) is 6.25. The lowest BCUT2D eigenvalue weighted by atomic mass is 10.1. The summed E-state index contributed by atoms with van der Waals surface area (Å²) in [6.07, 6.45) is -3.29. The predicted molar refractivity (Wildman–Crippen MR) is 137 cm³/mol. The molecule has 6 rings (SSSR count). The van der Waals surface area contributed by atoms with Crippen molar-refractivity contribution >= 4 is 21.8 Å². The number of hydrogen-bond donors (Lipinski definition) is 0. The molecule has 0 aliphatic heterocycles. The third kappa shape index (κ3) is 4.10. The van der Waals surface area contributed by atoms with Gasteiger partial charge in [-0.1, -0.05) is 24.3 Å². The number of ether oxygens (including phenoxy) is 1. The molecule has 3 aromatic carbocycles. The van der Waals surface area contributed by atoms with Crippen molar-refractivity contribution in [1.82, 2.24) is 19.3 Å². The molecule has 37 heavy (non-hydrogen) atoms. The number of benzene rings is 3. The van der Waals surface area contributed by atoms with Gasteiger partial charge in [-0.25, -0.2) is 9.67 Å². The fourth-order valence-electron chi connectivity index (χ4n) is 4.68. The first-order valence-electron chi connectivity index (χ1n) is 11.7. The van der Waals surface area contributed by atoms with E-state index in [2.05, 4.69) is 10.1 Å². The highest BCUT2D eigenvalue weighted by Crippen LogP contribution is 2.36. The lowest BCUT2D eigenvalue weighted by Crippen LogP contribution is -2.07. The molecule has 0 atom stereocenters. The molecule has 184 valence electrons. The Hall–Kier alpha value is -4.59. The Morgan fingerprint density at radius 3 is 2.32 bits per heavy atom. The monoisotopic (exact) mass is 498 g/mol. The Balaban J connectivity index is 1.46. The van der Waals surface area contributed by atoms with Gasteiger partial charge in [0.05, 0.1) is 28.0 Å². The minimum absolute atomic E-state index is 0.185. The summed E-state index contributed by atoms with van der Waals surface area (Å²) in [6, 6.07) is 24.8. The summed E-state index contributed by atoms with van der Waals surface area (Å²) in [5, 5.41) is 6.33. The van der Waals surface area contributed by atoms with E-state index >= 15 is 0 Å². The van der Waals surface area contributed by atoms with Crippen LogP contribution in [0.4, 0.5) is 13.2 Å². The number of pyridine rings is 1. The fourth-order valence-corrected chi connectivity index (χ4v) is 4.68. The van der Waals surface area contributed by atoms with E-state index in [-0.39, 0.29) is 5.82 Å². The normalized spacial score (nSPS) is 11.9. The van der Waals surface area contributed by atoms with E-state index in [9.17, 15) is 13.2 Å². The lowest BCUT2D eigenvalue weighted by Gasteiger charge is -2.12. The Labute approximate surface area is 210 Å². The number of aryl methyl sites for hydroxylation is 2. The standard InChI is InChI=1S/C29H21F3N4O/c1-18-14-19(2)36(34-18)21-6-5-7-22(16-21)37-23-10-11-25-24-8-3-4-9-26(24)35(27(25)17-23)28-15-20(12-13-33-28)29(30,31)32/h3-17H,1-2H3. The van der Waals surface area contributed by atoms with E-state index in [4.69, 9.17) is 4.74 Å². The molecule has 0 spiro atoms. The summed E-state index contributed by atoms with van der Waals surface area (Å²) in [5.41, 5.74) is 3.50. The van der Waals surface area contributed by atoms with Crippen LogP contribution in [0.2, 0.25) is 0 Å². The number of rotatable bonds is 4. The summed E-state index contributed by atoms with van der Waals surface area (Å²) >= 11 is 0. The van der Waals surface area contributed by atoms with E-state index in [0.29, 0.717) is 17.0 Å². The van der Waals surface area contributed by atoms with Gasteiger partial charge in [-0.15, -0.1) is 0 Å². The van der Waals surface area contributed by atoms with Crippen LogP contribution in [0.15, 0.2) is 91.1 Å². The molecule has 0 aliphatic rings. The van der Waals surface area contributed by atoms with Gasteiger partial charge < -0.3 is 4.74 Å². The minimum atomic E-state index is -4.47. The van der Waals surface area contributed by atoms with E-state index < -0.39 is 11.7 Å². The summed E-state index contributed by atoms with van der Waals surface area (Å²) < 4.78 is 50.2. The van der Waals surface area contributed by atoms with E-state index in [0.717, 1.165) is 45.5 Å². The van der Waals surface area contributed by atoms with Gasteiger partial charge in [0, 0.05) is 34.8 Å². The molecule has 0 amide bonds. The third-order valence-electron chi connectivity index (χ3n) is 6.25. The average Bonchev–Trinajstić information content (AvgIpc) is 3.39. The quantitative estimate of drug-likeness (QED) is 0.249. The van der Waals surface area contributed by atoms with Crippen LogP contribution < -0.4 is 4.74 Å². The first-order chi connectivity index (χ1) is 17.8. The highest BCUT2D eigenvalue weighted by atomic mass is 19.4. The molecule has 5 nitrogen and oxygen atoms in total. The molecule has 8 heteroatoms. The average molecular weight is 499 g/mol. The zero-order chi connectivity index (χ0) is 25.7.